The van der Waals surface area contributed by atoms with E-state index in [0.717, 1.165) is 0 Å². The molecule has 1 aromatic heterocycles. The minimum absolute atomic E-state index is 0.351. The van der Waals surface area contributed by atoms with E-state index in [4.69, 9.17) is 0 Å². The van der Waals surface area contributed by atoms with Crippen LogP contribution in [0.1, 0.15) is 5.56 Å². The molecule has 71 valence electrons. The van der Waals surface area contributed by atoms with Gasteiger partial charge in [-0.1, -0.05) is 0 Å². The van der Waals surface area contributed by atoms with E-state index in [1.165, 1.54) is 0 Å². The Morgan fingerprint density at radius 3 is 2.15 bits per heavy atom. The molecule has 0 unspecified atom stereocenters. The van der Waals surface area contributed by atoms with Gasteiger partial charge in [-0.25, -0.2) is 0 Å². The molecule has 0 aromatic carbocycles. The van der Waals surface area contributed by atoms with Gasteiger partial charge in [-0.2, -0.15) is 27.1 Å². The lowest BCUT2D eigenvalue weighted by atomic mass is 10.1. The predicted molar refractivity (Wildman–Crippen MR) is 30.8 cm³/mol. The zero-order valence-corrected chi connectivity index (χ0v) is 5.94. The van der Waals surface area contributed by atoms with E-state index in [1.807, 2.05) is 0 Å². The third kappa shape index (κ3) is 1.73. The van der Waals surface area contributed by atoms with Crippen LogP contribution in [0.5, 0.6) is 0 Å². The Morgan fingerprint density at radius 1 is 1.15 bits per heavy atom. The van der Waals surface area contributed by atoms with Gasteiger partial charge in [0.15, 0.2) is 0 Å². The molecular weight excluding hydrogens is 195 g/mol. The molecule has 7 heteroatoms. The zero-order valence-electron chi connectivity index (χ0n) is 5.94. The molecule has 0 spiro atoms. The van der Waals surface area contributed by atoms with Crippen LogP contribution in [0.15, 0.2) is 12.3 Å². The van der Waals surface area contributed by atoms with Crippen LogP contribution >= 0.6 is 0 Å². The van der Waals surface area contributed by atoms with Gasteiger partial charge >= 0.3 is 12.1 Å². The Hall–Kier alpha value is -1.27. The van der Waals surface area contributed by atoms with Crippen molar-refractivity contribution in [3.8, 4) is 0 Å². The van der Waals surface area contributed by atoms with Crippen LogP contribution in [0.25, 0.3) is 0 Å². The van der Waals surface area contributed by atoms with Crippen molar-refractivity contribution in [1.29, 1.82) is 0 Å². The van der Waals surface area contributed by atoms with Crippen LogP contribution in [0.2, 0.25) is 0 Å². The first-order valence-electron chi connectivity index (χ1n) is 2.99. The average molecular weight is 197 g/mol. The number of nitrogens with zero attached hydrogens (tertiary/aromatic N) is 2. The maximum Gasteiger partial charge on any atom is 0.458 e. The number of hydrogen-bond acceptors (Lipinski definition) is 2. The van der Waals surface area contributed by atoms with E-state index in [0.29, 0.717) is 12.3 Å². The highest BCUT2D eigenvalue weighted by Gasteiger charge is 2.58. The summed E-state index contributed by atoms with van der Waals surface area (Å²) in [6, 6.07) is 0.445. The Balaban J connectivity index is 3.08. The maximum absolute atomic E-state index is 12.5. The molecule has 2 nitrogen and oxygen atoms in total. The van der Waals surface area contributed by atoms with E-state index in [9.17, 15) is 22.0 Å². The lowest BCUT2D eigenvalue weighted by Gasteiger charge is -2.18. The van der Waals surface area contributed by atoms with Crippen molar-refractivity contribution in [2.45, 2.75) is 12.1 Å². The molecule has 0 saturated carbocycles. The molecule has 0 aliphatic carbocycles. The first kappa shape index (κ1) is 9.82. The van der Waals surface area contributed by atoms with E-state index in [1.54, 1.807) is 6.20 Å². The minimum atomic E-state index is -5.62. The first-order chi connectivity index (χ1) is 5.86. The van der Waals surface area contributed by atoms with Crippen molar-refractivity contribution in [3.05, 3.63) is 24.0 Å². The van der Waals surface area contributed by atoms with Crippen molar-refractivity contribution in [3.63, 3.8) is 0 Å². The first-order valence-corrected chi connectivity index (χ1v) is 2.99. The van der Waals surface area contributed by atoms with Gasteiger partial charge in [0.05, 0.1) is 11.8 Å². The molecule has 1 heterocycles. The van der Waals surface area contributed by atoms with Crippen LogP contribution < -0.4 is 0 Å². The summed E-state index contributed by atoms with van der Waals surface area (Å²) in [6.07, 6.45) is -3.47. The average Bonchev–Trinajstić information content (AvgIpc) is 2.04. The van der Waals surface area contributed by atoms with Gasteiger partial charge in [0.25, 0.3) is 0 Å². The SMILES string of the molecule is FC(F)(F)C(F)(F)c1c[c]nnc1. The highest BCUT2D eigenvalue weighted by atomic mass is 19.4. The Labute approximate surface area is 69.4 Å². The molecule has 1 rings (SSSR count). The molecule has 0 aliphatic heterocycles. The summed E-state index contributed by atoms with van der Waals surface area (Å²) in [6.45, 7) is 0. The lowest BCUT2D eigenvalue weighted by Crippen LogP contribution is -2.33. The van der Waals surface area contributed by atoms with Crippen LogP contribution in [0.4, 0.5) is 22.0 Å². The maximum atomic E-state index is 12.5. The summed E-state index contributed by atoms with van der Waals surface area (Å²) >= 11 is 0. The van der Waals surface area contributed by atoms with E-state index >= 15 is 0 Å². The van der Waals surface area contributed by atoms with Crippen LogP contribution in [-0.2, 0) is 5.92 Å². The predicted octanol–water partition coefficient (Wildman–Crippen LogP) is 1.93. The van der Waals surface area contributed by atoms with E-state index < -0.39 is 17.7 Å². The minimum Gasteiger partial charge on any atom is -0.191 e. The fraction of sp³-hybridized carbons (Fsp3) is 0.333. The third-order valence-electron chi connectivity index (χ3n) is 1.25. The molecule has 0 fully saturated rings. The number of hydrogen-bond donors (Lipinski definition) is 0. The van der Waals surface area contributed by atoms with Gasteiger partial charge in [-0.3, -0.25) is 0 Å². The molecular formula is C6H2F5N2. The van der Waals surface area contributed by atoms with E-state index in [2.05, 4.69) is 10.2 Å². The Kier molecular flexibility index (Phi) is 2.19. The number of alkyl halides is 5. The van der Waals surface area contributed by atoms with Gasteiger partial charge in [-0.15, -0.1) is 5.10 Å². The largest absolute Gasteiger partial charge is 0.458 e. The fourth-order valence-electron chi connectivity index (χ4n) is 0.595. The Bertz CT molecular complexity index is 281. The topological polar surface area (TPSA) is 25.8 Å². The van der Waals surface area contributed by atoms with Crippen molar-refractivity contribution in [1.82, 2.24) is 10.2 Å². The van der Waals surface area contributed by atoms with Crippen molar-refractivity contribution in [2.75, 3.05) is 0 Å². The van der Waals surface area contributed by atoms with Crippen LogP contribution in [0, 0.1) is 6.20 Å². The molecule has 0 aliphatic rings. The van der Waals surface area contributed by atoms with Gasteiger partial charge < -0.3 is 0 Å². The number of aromatic nitrogens is 2. The summed E-state index contributed by atoms with van der Waals surface area (Å²) in [5.41, 5.74) is -1.27. The standard InChI is InChI=1S/C6H2F5N2/c7-5(8,6(9,10)11)4-1-2-12-13-3-4/h1,3H. The van der Waals surface area contributed by atoms with Gasteiger partial charge in [0, 0.05) is 0 Å². The van der Waals surface area contributed by atoms with E-state index in [-0.39, 0.29) is 0 Å². The fourth-order valence-corrected chi connectivity index (χ4v) is 0.595. The summed E-state index contributed by atoms with van der Waals surface area (Å²) in [4.78, 5) is 0. The monoisotopic (exact) mass is 197 g/mol. The Morgan fingerprint density at radius 2 is 1.77 bits per heavy atom. The van der Waals surface area contributed by atoms with Gasteiger partial charge in [-0.05, 0) is 6.07 Å². The summed E-state index contributed by atoms with van der Waals surface area (Å²) in [5.74, 6) is -4.90. The lowest BCUT2D eigenvalue weighted by molar-refractivity contribution is -0.289. The highest BCUT2D eigenvalue weighted by Crippen LogP contribution is 2.43. The van der Waals surface area contributed by atoms with Gasteiger partial charge in [0.1, 0.15) is 6.20 Å². The van der Waals surface area contributed by atoms with Crippen LogP contribution in [-0.4, -0.2) is 16.4 Å². The van der Waals surface area contributed by atoms with Crippen molar-refractivity contribution in [2.24, 2.45) is 0 Å². The molecule has 0 N–H and O–H groups in total. The van der Waals surface area contributed by atoms with Crippen LogP contribution in [0.3, 0.4) is 0 Å². The van der Waals surface area contributed by atoms with Gasteiger partial charge in [0.2, 0.25) is 0 Å². The van der Waals surface area contributed by atoms with Crippen molar-refractivity contribution >= 4 is 0 Å². The molecule has 0 amide bonds. The molecule has 1 aromatic rings. The number of halogens is 5. The smallest absolute Gasteiger partial charge is 0.191 e. The molecule has 13 heavy (non-hydrogen) atoms. The zero-order chi connectivity index (χ0) is 10.1. The second kappa shape index (κ2) is 2.90. The third-order valence-corrected chi connectivity index (χ3v) is 1.25. The normalized spacial score (nSPS) is 13.0. The quantitative estimate of drug-likeness (QED) is 0.643. The second-order valence-corrected chi connectivity index (χ2v) is 2.15. The second-order valence-electron chi connectivity index (χ2n) is 2.15. The highest BCUT2D eigenvalue weighted by molar-refractivity contribution is 5.14. The molecule has 0 bridgehead atoms. The molecule has 0 atom stereocenters. The van der Waals surface area contributed by atoms with Crippen molar-refractivity contribution < 1.29 is 22.0 Å². The molecule has 1 radical (unpaired) electrons. The summed E-state index contributed by atoms with van der Waals surface area (Å²) in [5, 5.41) is 5.84. The summed E-state index contributed by atoms with van der Waals surface area (Å²) < 4.78 is 60.0. The molecule has 0 saturated heterocycles. The summed E-state index contributed by atoms with van der Waals surface area (Å²) in [7, 11) is 0. The number of rotatable bonds is 1.